The minimum atomic E-state index is -3.48. The highest BCUT2D eigenvalue weighted by Crippen LogP contribution is 2.22. The molecule has 0 radical (unpaired) electrons. The number of rotatable bonds is 5. The van der Waals surface area contributed by atoms with Crippen LogP contribution in [0.5, 0.6) is 0 Å². The highest BCUT2D eigenvalue weighted by atomic mass is 35.5. The summed E-state index contributed by atoms with van der Waals surface area (Å²) in [6.45, 7) is 9.87. The van der Waals surface area contributed by atoms with Crippen molar-refractivity contribution in [1.29, 1.82) is 0 Å². The summed E-state index contributed by atoms with van der Waals surface area (Å²) in [5.41, 5.74) is -0.702. The fraction of sp³-hybridized carbons (Fsp3) is 0.478. The molecule has 10 nitrogen and oxygen atoms in total. The van der Waals surface area contributed by atoms with E-state index < -0.39 is 33.5 Å². The maximum Gasteiger partial charge on any atom is 0.420 e. The van der Waals surface area contributed by atoms with E-state index in [1.165, 1.54) is 24.5 Å². The minimum absolute atomic E-state index is 0.136. The van der Waals surface area contributed by atoms with Crippen LogP contribution in [0.25, 0.3) is 0 Å². The van der Waals surface area contributed by atoms with E-state index in [1.807, 2.05) is 0 Å². The van der Waals surface area contributed by atoms with Crippen LogP contribution in [0.1, 0.15) is 52.7 Å². The summed E-state index contributed by atoms with van der Waals surface area (Å²) in [7, 11) is -3.48. The van der Waals surface area contributed by atoms with Crippen molar-refractivity contribution in [2.75, 3.05) is 6.26 Å². The van der Waals surface area contributed by atoms with Gasteiger partial charge in [0.05, 0.1) is 29.5 Å². The highest BCUT2D eigenvalue weighted by Gasteiger charge is 2.32. The van der Waals surface area contributed by atoms with Crippen molar-refractivity contribution < 1.29 is 31.7 Å². The van der Waals surface area contributed by atoms with E-state index in [4.69, 9.17) is 55.9 Å². The first kappa shape index (κ1) is 34.1. The molecule has 0 bridgehead atoms. The Hall–Kier alpha value is -1.89. The topological polar surface area (TPSA) is 125 Å². The van der Waals surface area contributed by atoms with Crippen LogP contribution in [0.15, 0.2) is 24.5 Å². The normalized spacial score (nSPS) is 11.8. The molecule has 0 aromatic carbocycles. The van der Waals surface area contributed by atoms with E-state index in [0.717, 1.165) is 11.2 Å². The number of hydrogen-bond acceptors (Lipinski definition) is 9. The molecule has 2 heterocycles. The van der Waals surface area contributed by atoms with E-state index in [9.17, 15) is 18.0 Å². The van der Waals surface area contributed by atoms with Gasteiger partial charge in [-0.15, -0.1) is 0 Å². The molecule has 2 rings (SSSR count). The van der Waals surface area contributed by atoms with Gasteiger partial charge in [0.25, 0.3) is 10.1 Å². The number of ether oxygens (including phenoxy) is 2. The van der Waals surface area contributed by atoms with Crippen LogP contribution in [0, 0.1) is 0 Å². The quantitative estimate of drug-likeness (QED) is 0.255. The van der Waals surface area contributed by atoms with Gasteiger partial charge in [-0.2, -0.15) is 8.42 Å². The molecule has 0 fully saturated rings. The lowest BCUT2D eigenvalue weighted by molar-refractivity contribution is -0.000260. The fourth-order valence-electron chi connectivity index (χ4n) is 2.32. The van der Waals surface area contributed by atoms with Gasteiger partial charge in [0.1, 0.15) is 21.5 Å². The third-order valence-electron chi connectivity index (χ3n) is 3.74. The summed E-state index contributed by atoms with van der Waals surface area (Å²) in [6.07, 6.45) is 2.02. The molecule has 0 saturated heterocycles. The Kier molecular flexibility index (Phi) is 12.5. The predicted molar refractivity (Wildman–Crippen MR) is 146 cm³/mol. The number of imide groups is 1. The molecule has 0 spiro atoms. The monoisotopic (exact) mass is 631 g/mol. The van der Waals surface area contributed by atoms with Gasteiger partial charge < -0.3 is 9.47 Å². The van der Waals surface area contributed by atoms with Gasteiger partial charge in [0, 0.05) is 23.5 Å². The predicted octanol–water partition coefficient (Wildman–Crippen LogP) is 6.93. The van der Waals surface area contributed by atoms with Crippen LogP contribution in [0.4, 0.5) is 9.59 Å². The number of aromatic nitrogens is 2. The van der Waals surface area contributed by atoms with E-state index in [0.29, 0.717) is 21.2 Å². The summed E-state index contributed by atoms with van der Waals surface area (Å²) in [5.74, 6) is 0. The lowest BCUT2D eigenvalue weighted by Gasteiger charge is -2.28. The second-order valence-electron chi connectivity index (χ2n) is 9.72. The Morgan fingerprint density at radius 2 is 1.21 bits per heavy atom. The number of pyridine rings is 2. The Balaban J connectivity index is 0.000000437. The number of carbonyl (C=O) groups excluding carboxylic acids is 2. The van der Waals surface area contributed by atoms with Crippen LogP contribution in [0.3, 0.4) is 0 Å². The summed E-state index contributed by atoms with van der Waals surface area (Å²) in [4.78, 5) is 33.3. The number of halogens is 4. The molecule has 0 aliphatic carbocycles. The second kappa shape index (κ2) is 14.0. The summed E-state index contributed by atoms with van der Waals surface area (Å²) in [6, 6.07) is 3.03. The Labute approximate surface area is 242 Å². The fourth-order valence-corrected chi connectivity index (χ4v) is 3.34. The zero-order chi connectivity index (χ0) is 29.5. The lowest BCUT2D eigenvalue weighted by Crippen LogP contribution is -2.43. The zero-order valence-corrected chi connectivity index (χ0v) is 25.7. The lowest BCUT2D eigenvalue weighted by atomic mass is 10.2. The van der Waals surface area contributed by atoms with E-state index >= 15 is 0 Å². The van der Waals surface area contributed by atoms with Gasteiger partial charge in [0.2, 0.25) is 0 Å². The Bertz CT molecular complexity index is 1220. The molecular formula is C23H29Cl4N3O7S. The third-order valence-corrected chi connectivity index (χ3v) is 5.38. The van der Waals surface area contributed by atoms with Crippen molar-refractivity contribution in [2.24, 2.45) is 0 Å². The number of nitrogens with zero attached hydrogens (tertiary/aromatic N) is 3. The maximum atomic E-state index is 12.4. The van der Waals surface area contributed by atoms with Gasteiger partial charge in [-0.3, -0.25) is 4.18 Å². The first-order valence-corrected chi connectivity index (χ1v) is 14.2. The van der Waals surface area contributed by atoms with Crippen LogP contribution in [0.2, 0.25) is 20.4 Å². The van der Waals surface area contributed by atoms with Crippen molar-refractivity contribution in [1.82, 2.24) is 14.9 Å². The standard InChI is InChI=1S/C16H22Cl2N2O4.C7H7Cl2NO3S/c1-15(2,3)23-13(21)20(14(22)24-16(4,5)6)9-10-7-11(17)8-19-12(10)18;1-14(11,12)13-4-5-2-6(8)3-10-7(5)9/h7-8H,9H2,1-6H3;2-3H,4H2,1H3. The molecule has 2 amide bonds. The zero-order valence-electron chi connectivity index (χ0n) is 21.8. The Morgan fingerprint density at radius 1 is 0.816 bits per heavy atom. The van der Waals surface area contributed by atoms with Gasteiger partial charge in [-0.1, -0.05) is 46.4 Å². The van der Waals surface area contributed by atoms with Gasteiger partial charge >= 0.3 is 12.2 Å². The first-order chi connectivity index (χ1) is 17.2. The van der Waals surface area contributed by atoms with Crippen molar-refractivity contribution in [3.05, 3.63) is 56.0 Å². The number of carbonyl (C=O) groups is 2. The third kappa shape index (κ3) is 13.8. The van der Waals surface area contributed by atoms with Gasteiger partial charge in [0.15, 0.2) is 0 Å². The molecule has 0 N–H and O–H groups in total. The molecule has 0 aliphatic heterocycles. The molecule has 212 valence electrons. The largest absolute Gasteiger partial charge is 0.443 e. The molecule has 0 saturated carbocycles. The van der Waals surface area contributed by atoms with E-state index in [2.05, 4.69) is 14.2 Å². The first-order valence-electron chi connectivity index (χ1n) is 10.8. The van der Waals surface area contributed by atoms with E-state index in [1.54, 1.807) is 41.5 Å². The SMILES string of the molecule is CC(C)(C)OC(=O)N(Cc1cc(Cl)cnc1Cl)C(=O)OC(C)(C)C.CS(=O)(=O)OCc1cc(Cl)cnc1Cl. The van der Waals surface area contributed by atoms with Crippen molar-refractivity contribution in [3.8, 4) is 0 Å². The minimum Gasteiger partial charge on any atom is -0.443 e. The molecule has 0 atom stereocenters. The van der Waals surface area contributed by atoms with Crippen molar-refractivity contribution >= 4 is 68.7 Å². The highest BCUT2D eigenvalue weighted by molar-refractivity contribution is 7.85. The molecule has 38 heavy (non-hydrogen) atoms. The van der Waals surface area contributed by atoms with Crippen molar-refractivity contribution in [2.45, 2.75) is 65.9 Å². The second-order valence-corrected chi connectivity index (χ2v) is 13.0. The van der Waals surface area contributed by atoms with Crippen LogP contribution in [-0.4, -0.2) is 52.9 Å². The molecule has 0 aliphatic rings. The number of hydrogen-bond donors (Lipinski definition) is 0. The molecule has 15 heteroatoms. The number of amides is 2. The molecule has 0 unspecified atom stereocenters. The molecule has 2 aromatic rings. The molecule has 2 aromatic heterocycles. The summed E-state index contributed by atoms with van der Waals surface area (Å²) >= 11 is 23.2. The van der Waals surface area contributed by atoms with Crippen LogP contribution >= 0.6 is 46.4 Å². The van der Waals surface area contributed by atoms with E-state index in [-0.39, 0.29) is 23.5 Å². The Morgan fingerprint density at radius 3 is 1.61 bits per heavy atom. The summed E-state index contributed by atoms with van der Waals surface area (Å²) < 4.78 is 36.4. The average Bonchev–Trinajstić information content (AvgIpc) is 2.72. The van der Waals surface area contributed by atoms with Crippen LogP contribution < -0.4 is 0 Å². The molecular weight excluding hydrogens is 604 g/mol. The van der Waals surface area contributed by atoms with Gasteiger partial charge in [-0.05, 0) is 53.7 Å². The van der Waals surface area contributed by atoms with Crippen LogP contribution in [-0.2, 0) is 36.9 Å². The average molecular weight is 633 g/mol. The van der Waals surface area contributed by atoms with Gasteiger partial charge in [-0.25, -0.2) is 24.5 Å². The maximum absolute atomic E-state index is 12.4. The smallest absolute Gasteiger partial charge is 0.420 e. The van der Waals surface area contributed by atoms with Crippen molar-refractivity contribution in [3.63, 3.8) is 0 Å². The summed E-state index contributed by atoms with van der Waals surface area (Å²) in [5, 5.41) is 1.03.